The molecule has 1 heterocycles. The number of hydrogen-bond acceptors (Lipinski definition) is 4. The minimum Gasteiger partial charge on any atom is -0.381 e. The van der Waals surface area contributed by atoms with E-state index in [1.807, 2.05) is 7.11 Å². The zero-order chi connectivity index (χ0) is 13.2. The molecule has 1 saturated heterocycles. The smallest absolute Gasteiger partial charge is 0.0595 e. The lowest BCUT2D eigenvalue weighted by atomic mass is 10.1. The molecule has 0 aliphatic carbocycles. The zero-order valence-corrected chi connectivity index (χ0v) is 12.3. The number of nitrogens with one attached hydrogen (secondary N) is 1. The Hall–Kier alpha value is -0.160. The third-order valence-corrected chi connectivity index (χ3v) is 3.42. The van der Waals surface area contributed by atoms with Crippen molar-refractivity contribution in [1.82, 2.24) is 10.2 Å². The predicted octanol–water partition coefficient (Wildman–Crippen LogP) is 1.50. The summed E-state index contributed by atoms with van der Waals surface area (Å²) in [5.74, 6) is 0. The van der Waals surface area contributed by atoms with Gasteiger partial charge in [-0.1, -0.05) is 0 Å². The highest BCUT2D eigenvalue weighted by molar-refractivity contribution is 4.72. The summed E-state index contributed by atoms with van der Waals surface area (Å²) in [5.41, 5.74) is 0. The molecule has 0 radical (unpaired) electrons. The summed E-state index contributed by atoms with van der Waals surface area (Å²) in [6.45, 7) is 10.7. The summed E-state index contributed by atoms with van der Waals surface area (Å²) in [6, 6.07) is 0. The quantitative estimate of drug-likeness (QED) is 0.636. The van der Waals surface area contributed by atoms with E-state index in [2.05, 4.69) is 24.1 Å². The van der Waals surface area contributed by atoms with E-state index in [-0.39, 0.29) is 0 Å². The molecular weight excluding hydrogens is 228 g/mol. The number of methoxy groups -OCH3 is 1. The van der Waals surface area contributed by atoms with Gasteiger partial charge in [0.1, 0.15) is 0 Å². The minimum absolute atomic E-state index is 0.354. The Morgan fingerprint density at radius 2 is 1.94 bits per heavy atom. The summed E-state index contributed by atoms with van der Waals surface area (Å²) in [7, 11) is 1.82. The van der Waals surface area contributed by atoms with Crippen LogP contribution in [0, 0.1) is 0 Å². The van der Waals surface area contributed by atoms with Gasteiger partial charge in [-0.05, 0) is 39.7 Å². The number of nitrogens with zero attached hydrogens (tertiary/aromatic N) is 1. The lowest BCUT2D eigenvalue weighted by molar-refractivity contribution is 0.0413. The van der Waals surface area contributed by atoms with Crippen LogP contribution >= 0.6 is 0 Å². The van der Waals surface area contributed by atoms with Crippen molar-refractivity contribution in [3.8, 4) is 0 Å². The van der Waals surface area contributed by atoms with E-state index in [9.17, 15) is 0 Å². The standard InChI is InChI=1S/C14H30N2O2/c1-13(2)18-12-4-7-15-8-11-16-9-5-14(17-3)6-10-16/h13-15H,4-12H2,1-3H3. The molecule has 0 unspecified atom stereocenters. The first kappa shape index (κ1) is 15.9. The summed E-state index contributed by atoms with van der Waals surface area (Å²) in [5, 5.41) is 3.48. The number of rotatable bonds is 9. The third kappa shape index (κ3) is 7.31. The second-order valence-corrected chi connectivity index (χ2v) is 5.30. The molecular formula is C14H30N2O2. The molecule has 0 aromatic heterocycles. The first-order valence-electron chi connectivity index (χ1n) is 7.30. The summed E-state index contributed by atoms with van der Waals surface area (Å²) in [4.78, 5) is 2.52. The molecule has 0 bridgehead atoms. The van der Waals surface area contributed by atoms with Crippen molar-refractivity contribution < 1.29 is 9.47 Å². The number of hydrogen-bond donors (Lipinski definition) is 1. The van der Waals surface area contributed by atoms with Crippen LogP contribution in [0.25, 0.3) is 0 Å². The zero-order valence-electron chi connectivity index (χ0n) is 12.3. The van der Waals surface area contributed by atoms with Gasteiger partial charge in [-0.25, -0.2) is 0 Å². The van der Waals surface area contributed by atoms with E-state index in [0.717, 1.165) is 32.7 Å². The summed E-state index contributed by atoms with van der Waals surface area (Å²) >= 11 is 0. The molecule has 0 spiro atoms. The molecule has 4 nitrogen and oxygen atoms in total. The van der Waals surface area contributed by atoms with Gasteiger partial charge in [0, 0.05) is 39.9 Å². The molecule has 0 aromatic rings. The fraction of sp³-hybridized carbons (Fsp3) is 1.00. The maximum absolute atomic E-state index is 5.50. The molecule has 0 amide bonds. The first-order valence-corrected chi connectivity index (χ1v) is 7.30. The van der Waals surface area contributed by atoms with E-state index in [4.69, 9.17) is 9.47 Å². The van der Waals surface area contributed by atoms with E-state index in [0.29, 0.717) is 12.2 Å². The van der Waals surface area contributed by atoms with Gasteiger partial charge in [0.05, 0.1) is 12.2 Å². The first-order chi connectivity index (χ1) is 8.72. The largest absolute Gasteiger partial charge is 0.381 e. The average Bonchev–Trinajstić information content (AvgIpc) is 2.38. The van der Waals surface area contributed by atoms with Crippen LogP contribution in [0.3, 0.4) is 0 Å². The molecule has 1 fully saturated rings. The van der Waals surface area contributed by atoms with Crippen LogP contribution in [-0.2, 0) is 9.47 Å². The second-order valence-electron chi connectivity index (χ2n) is 5.30. The van der Waals surface area contributed by atoms with E-state index in [1.54, 1.807) is 0 Å². The number of piperidine rings is 1. The van der Waals surface area contributed by atoms with E-state index in [1.165, 1.54) is 25.9 Å². The Bertz CT molecular complexity index is 192. The molecule has 0 saturated carbocycles. The van der Waals surface area contributed by atoms with Gasteiger partial charge in [-0.15, -0.1) is 0 Å². The molecule has 108 valence electrons. The highest BCUT2D eigenvalue weighted by atomic mass is 16.5. The van der Waals surface area contributed by atoms with Crippen LogP contribution in [0.15, 0.2) is 0 Å². The Kier molecular flexibility index (Phi) is 8.59. The van der Waals surface area contributed by atoms with Crippen LogP contribution in [0.2, 0.25) is 0 Å². The van der Waals surface area contributed by atoms with Crippen molar-refractivity contribution >= 4 is 0 Å². The molecule has 4 heteroatoms. The fourth-order valence-electron chi connectivity index (χ4n) is 2.25. The normalized spacial score (nSPS) is 18.7. The maximum atomic E-state index is 5.50. The molecule has 1 aliphatic rings. The average molecular weight is 258 g/mol. The van der Waals surface area contributed by atoms with Gasteiger partial charge < -0.3 is 19.7 Å². The van der Waals surface area contributed by atoms with Crippen LogP contribution in [0.4, 0.5) is 0 Å². The molecule has 1 N–H and O–H groups in total. The SMILES string of the molecule is COC1CCN(CCNCCCOC(C)C)CC1. The number of ether oxygens (including phenoxy) is 2. The van der Waals surface area contributed by atoms with E-state index < -0.39 is 0 Å². The van der Waals surface area contributed by atoms with Crippen molar-refractivity contribution in [1.29, 1.82) is 0 Å². The van der Waals surface area contributed by atoms with Crippen molar-refractivity contribution in [2.45, 2.75) is 45.3 Å². The minimum atomic E-state index is 0.354. The van der Waals surface area contributed by atoms with Crippen molar-refractivity contribution in [3.63, 3.8) is 0 Å². The predicted molar refractivity (Wildman–Crippen MR) is 75.0 cm³/mol. The van der Waals surface area contributed by atoms with Crippen LogP contribution in [0.1, 0.15) is 33.1 Å². The van der Waals surface area contributed by atoms with Gasteiger partial charge in [0.25, 0.3) is 0 Å². The lowest BCUT2D eigenvalue weighted by Gasteiger charge is -2.31. The molecule has 1 aliphatic heterocycles. The Balaban J connectivity index is 1.86. The van der Waals surface area contributed by atoms with Gasteiger partial charge in [-0.2, -0.15) is 0 Å². The number of likely N-dealkylation sites (tertiary alicyclic amines) is 1. The molecule has 0 aromatic carbocycles. The molecule has 18 heavy (non-hydrogen) atoms. The van der Waals surface area contributed by atoms with Crippen LogP contribution < -0.4 is 5.32 Å². The van der Waals surface area contributed by atoms with Crippen molar-refractivity contribution in [2.75, 3.05) is 46.4 Å². The Morgan fingerprint density at radius 3 is 2.56 bits per heavy atom. The Morgan fingerprint density at radius 1 is 1.22 bits per heavy atom. The topological polar surface area (TPSA) is 33.7 Å². The van der Waals surface area contributed by atoms with Crippen LogP contribution in [0.5, 0.6) is 0 Å². The molecule has 1 rings (SSSR count). The van der Waals surface area contributed by atoms with Gasteiger partial charge in [-0.3, -0.25) is 0 Å². The summed E-state index contributed by atoms with van der Waals surface area (Å²) < 4.78 is 10.9. The molecule has 0 atom stereocenters. The highest BCUT2D eigenvalue weighted by Gasteiger charge is 2.17. The summed E-state index contributed by atoms with van der Waals surface area (Å²) in [6.07, 6.45) is 4.30. The maximum Gasteiger partial charge on any atom is 0.0595 e. The fourth-order valence-corrected chi connectivity index (χ4v) is 2.25. The van der Waals surface area contributed by atoms with Crippen molar-refractivity contribution in [3.05, 3.63) is 0 Å². The van der Waals surface area contributed by atoms with Crippen LogP contribution in [-0.4, -0.2) is 63.5 Å². The van der Waals surface area contributed by atoms with E-state index >= 15 is 0 Å². The third-order valence-electron chi connectivity index (χ3n) is 3.42. The monoisotopic (exact) mass is 258 g/mol. The highest BCUT2D eigenvalue weighted by Crippen LogP contribution is 2.11. The Labute approximate surface area is 112 Å². The lowest BCUT2D eigenvalue weighted by Crippen LogP contribution is -2.40. The van der Waals surface area contributed by atoms with Crippen molar-refractivity contribution in [2.24, 2.45) is 0 Å². The second kappa shape index (κ2) is 9.73. The van der Waals surface area contributed by atoms with Gasteiger partial charge in [0.2, 0.25) is 0 Å². The van der Waals surface area contributed by atoms with Gasteiger partial charge in [0.15, 0.2) is 0 Å². The van der Waals surface area contributed by atoms with Gasteiger partial charge >= 0.3 is 0 Å².